The largest absolute Gasteiger partial charge is 0.455 e. The Morgan fingerprint density at radius 3 is 2.50 bits per heavy atom. The van der Waals surface area contributed by atoms with Gasteiger partial charge >= 0.3 is 5.97 Å². The summed E-state index contributed by atoms with van der Waals surface area (Å²) < 4.78 is 5.37. The van der Waals surface area contributed by atoms with Crippen LogP contribution in [0.2, 0.25) is 0 Å². The number of benzene rings is 2. The first kappa shape index (κ1) is 17.5. The van der Waals surface area contributed by atoms with Crippen LogP contribution in [0.3, 0.4) is 0 Å². The van der Waals surface area contributed by atoms with Crippen LogP contribution >= 0.6 is 0 Å². The molecule has 3 aromatic rings. The number of hydrogen-bond donors (Lipinski definition) is 3. The van der Waals surface area contributed by atoms with Crippen LogP contribution in [0.15, 0.2) is 48.5 Å². The van der Waals surface area contributed by atoms with E-state index in [1.807, 2.05) is 26.8 Å². The Kier molecular flexibility index (Phi) is 4.42. The molecule has 0 saturated carbocycles. The minimum absolute atomic E-state index is 0.290. The molecular formula is C20H21N3O3. The number of nitrogen functional groups attached to an aromatic ring is 1. The van der Waals surface area contributed by atoms with Gasteiger partial charge < -0.3 is 20.8 Å². The molecule has 1 amide bonds. The maximum Gasteiger partial charge on any atom is 0.355 e. The lowest BCUT2D eigenvalue weighted by Gasteiger charge is -2.18. The molecule has 0 aliphatic rings. The van der Waals surface area contributed by atoms with Crippen LogP contribution in [0.1, 0.15) is 41.6 Å². The summed E-state index contributed by atoms with van der Waals surface area (Å²) in [5, 5.41) is 3.66. The molecule has 6 heteroatoms. The van der Waals surface area contributed by atoms with Gasteiger partial charge in [-0.1, -0.05) is 18.2 Å². The number of aromatic amines is 1. The topological polar surface area (TPSA) is 97.2 Å². The lowest BCUT2D eigenvalue weighted by molar-refractivity contribution is 0.00638. The Morgan fingerprint density at radius 1 is 1.08 bits per heavy atom. The Morgan fingerprint density at radius 2 is 1.81 bits per heavy atom. The average Bonchev–Trinajstić information content (AvgIpc) is 2.97. The van der Waals surface area contributed by atoms with Gasteiger partial charge in [0, 0.05) is 22.3 Å². The molecule has 4 N–H and O–H groups in total. The van der Waals surface area contributed by atoms with Gasteiger partial charge in [-0.2, -0.15) is 0 Å². The standard InChI is InChI=1S/C20H21N3O3/c1-20(2,3)26-19(25)17-10-12-8-9-13(11-16(12)23-17)22-18(24)14-6-4-5-7-15(14)21/h4-11,23H,21H2,1-3H3,(H,22,24). The van der Waals surface area contributed by atoms with Crippen molar-refractivity contribution in [3.05, 3.63) is 59.8 Å². The van der Waals surface area contributed by atoms with Crippen molar-refractivity contribution >= 4 is 34.2 Å². The van der Waals surface area contributed by atoms with Gasteiger partial charge in [-0.3, -0.25) is 4.79 Å². The molecule has 6 nitrogen and oxygen atoms in total. The van der Waals surface area contributed by atoms with Crippen LogP contribution in [-0.2, 0) is 4.74 Å². The van der Waals surface area contributed by atoms with Crippen molar-refractivity contribution in [1.29, 1.82) is 0 Å². The van der Waals surface area contributed by atoms with E-state index in [0.29, 0.717) is 22.6 Å². The van der Waals surface area contributed by atoms with E-state index in [0.717, 1.165) is 10.9 Å². The molecule has 1 aromatic heterocycles. The van der Waals surface area contributed by atoms with Gasteiger partial charge in [0.15, 0.2) is 0 Å². The molecule has 0 saturated heterocycles. The van der Waals surface area contributed by atoms with E-state index in [1.54, 1.807) is 42.5 Å². The van der Waals surface area contributed by atoms with E-state index in [2.05, 4.69) is 10.3 Å². The number of H-pyrrole nitrogens is 1. The zero-order valence-electron chi connectivity index (χ0n) is 14.9. The number of nitrogens with one attached hydrogen (secondary N) is 2. The maximum atomic E-state index is 12.4. The third-order valence-electron chi connectivity index (χ3n) is 3.70. The number of aromatic nitrogens is 1. The molecule has 0 aliphatic heterocycles. The van der Waals surface area contributed by atoms with Gasteiger partial charge in [0.2, 0.25) is 0 Å². The lowest BCUT2D eigenvalue weighted by Crippen LogP contribution is -2.24. The Hall–Kier alpha value is -3.28. The van der Waals surface area contributed by atoms with Gasteiger partial charge in [0.05, 0.1) is 5.56 Å². The summed E-state index contributed by atoms with van der Waals surface area (Å²) in [4.78, 5) is 27.6. The van der Waals surface area contributed by atoms with Crippen LogP contribution in [0, 0.1) is 0 Å². The number of amides is 1. The highest BCUT2D eigenvalue weighted by Gasteiger charge is 2.19. The van der Waals surface area contributed by atoms with Gasteiger partial charge in [0.1, 0.15) is 11.3 Å². The number of anilines is 2. The summed E-state index contributed by atoms with van der Waals surface area (Å²) in [5.41, 5.74) is 7.79. The summed E-state index contributed by atoms with van der Waals surface area (Å²) in [6.45, 7) is 5.45. The average molecular weight is 351 g/mol. The summed E-state index contributed by atoms with van der Waals surface area (Å²) in [6.07, 6.45) is 0. The number of hydrogen-bond acceptors (Lipinski definition) is 4. The second-order valence-electron chi connectivity index (χ2n) is 7.03. The Balaban J connectivity index is 1.82. The molecule has 0 atom stereocenters. The van der Waals surface area contributed by atoms with Crippen molar-refractivity contribution in [3.63, 3.8) is 0 Å². The van der Waals surface area contributed by atoms with Crippen molar-refractivity contribution < 1.29 is 14.3 Å². The number of para-hydroxylation sites is 1. The molecule has 0 fully saturated rings. The normalized spacial score (nSPS) is 11.3. The Labute approximate surface area is 151 Å². The van der Waals surface area contributed by atoms with Gasteiger partial charge in [-0.25, -0.2) is 4.79 Å². The number of rotatable bonds is 3. The van der Waals surface area contributed by atoms with E-state index in [4.69, 9.17) is 10.5 Å². The summed E-state index contributed by atoms with van der Waals surface area (Å²) >= 11 is 0. The molecule has 2 aromatic carbocycles. The van der Waals surface area contributed by atoms with Crippen molar-refractivity contribution in [2.45, 2.75) is 26.4 Å². The van der Waals surface area contributed by atoms with E-state index in [9.17, 15) is 9.59 Å². The molecule has 0 radical (unpaired) electrons. The molecule has 26 heavy (non-hydrogen) atoms. The third kappa shape index (κ3) is 3.85. The highest BCUT2D eigenvalue weighted by molar-refractivity contribution is 6.08. The minimum Gasteiger partial charge on any atom is -0.455 e. The number of ether oxygens (including phenoxy) is 1. The molecule has 0 aliphatic carbocycles. The summed E-state index contributed by atoms with van der Waals surface area (Å²) in [5.74, 6) is -0.710. The number of fused-ring (bicyclic) bond motifs is 1. The van der Waals surface area contributed by atoms with Gasteiger partial charge in [-0.15, -0.1) is 0 Å². The quantitative estimate of drug-likeness (QED) is 0.491. The number of nitrogens with two attached hydrogens (primary N) is 1. The second kappa shape index (κ2) is 6.55. The zero-order chi connectivity index (χ0) is 18.9. The minimum atomic E-state index is -0.566. The first-order valence-corrected chi connectivity index (χ1v) is 8.25. The van der Waals surface area contributed by atoms with Crippen molar-refractivity contribution in [1.82, 2.24) is 4.98 Å². The van der Waals surface area contributed by atoms with Crippen LogP contribution in [0.5, 0.6) is 0 Å². The molecule has 3 rings (SSSR count). The first-order chi connectivity index (χ1) is 12.2. The molecule has 0 bridgehead atoms. The fraction of sp³-hybridized carbons (Fsp3) is 0.200. The smallest absolute Gasteiger partial charge is 0.355 e. The number of carbonyl (C=O) groups excluding carboxylic acids is 2. The second-order valence-corrected chi connectivity index (χ2v) is 7.03. The highest BCUT2D eigenvalue weighted by Crippen LogP contribution is 2.22. The van der Waals surface area contributed by atoms with Gasteiger partial charge in [0.25, 0.3) is 5.91 Å². The van der Waals surface area contributed by atoms with Crippen molar-refractivity contribution in [3.8, 4) is 0 Å². The van der Waals surface area contributed by atoms with Crippen LogP contribution in [0.25, 0.3) is 10.9 Å². The fourth-order valence-electron chi connectivity index (χ4n) is 2.55. The fourth-order valence-corrected chi connectivity index (χ4v) is 2.55. The van der Waals surface area contributed by atoms with Crippen LogP contribution < -0.4 is 11.1 Å². The zero-order valence-corrected chi connectivity index (χ0v) is 14.9. The van der Waals surface area contributed by atoms with E-state index in [-0.39, 0.29) is 5.91 Å². The van der Waals surface area contributed by atoms with E-state index < -0.39 is 11.6 Å². The summed E-state index contributed by atoms with van der Waals surface area (Å²) in [6, 6.07) is 14.0. The first-order valence-electron chi connectivity index (χ1n) is 8.25. The molecular weight excluding hydrogens is 330 g/mol. The highest BCUT2D eigenvalue weighted by atomic mass is 16.6. The Bertz CT molecular complexity index is 983. The maximum absolute atomic E-state index is 12.4. The number of esters is 1. The monoisotopic (exact) mass is 351 g/mol. The molecule has 1 heterocycles. The van der Waals surface area contributed by atoms with Crippen LogP contribution in [-0.4, -0.2) is 22.5 Å². The van der Waals surface area contributed by atoms with Crippen molar-refractivity contribution in [2.24, 2.45) is 0 Å². The molecule has 0 spiro atoms. The lowest BCUT2D eigenvalue weighted by atomic mass is 10.1. The van der Waals surface area contributed by atoms with Crippen molar-refractivity contribution in [2.75, 3.05) is 11.1 Å². The SMILES string of the molecule is CC(C)(C)OC(=O)c1cc2ccc(NC(=O)c3ccccc3N)cc2[nH]1. The predicted octanol–water partition coefficient (Wildman–Crippen LogP) is 3.96. The number of carbonyl (C=O) groups is 2. The molecule has 134 valence electrons. The predicted molar refractivity (Wildman–Crippen MR) is 102 cm³/mol. The van der Waals surface area contributed by atoms with Gasteiger partial charge in [-0.05, 0) is 51.1 Å². The summed E-state index contributed by atoms with van der Waals surface area (Å²) in [7, 11) is 0. The van der Waals surface area contributed by atoms with Crippen LogP contribution in [0.4, 0.5) is 11.4 Å². The van der Waals surface area contributed by atoms with E-state index >= 15 is 0 Å². The molecule has 0 unspecified atom stereocenters. The van der Waals surface area contributed by atoms with E-state index in [1.165, 1.54) is 0 Å². The third-order valence-corrected chi connectivity index (χ3v) is 3.70.